The molecule has 2 fully saturated rings. The Morgan fingerprint density at radius 3 is 2.14 bits per heavy atom. The predicted octanol–water partition coefficient (Wildman–Crippen LogP) is 1.49. The molecular formula is C23H29N3O3. The van der Waals surface area contributed by atoms with Gasteiger partial charge in [0, 0.05) is 43.5 Å². The Morgan fingerprint density at radius 2 is 1.48 bits per heavy atom. The van der Waals surface area contributed by atoms with Gasteiger partial charge in [-0.3, -0.25) is 9.69 Å². The van der Waals surface area contributed by atoms with Gasteiger partial charge >= 0.3 is 0 Å². The monoisotopic (exact) mass is 395 g/mol. The van der Waals surface area contributed by atoms with Crippen LogP contribution in [0.5, 0.6) is 0 Å². The Morgan fingerprint density at radius 1 is 0.862 bits per heavy atom. The number of rotatable bonds is 4. The van der Waals surface area contributed by atoms with Crippen molar-refractivity contribution in [3.8, 4) is 0 Å². The molecule has 0 spiro atoms. The summed E-state index contributed by atoms with van der Waals surface area (Å²) in [7, 11) is 0. The quantitative estimate of drug-likeness (QED) is 0.731. The number of nitrogens with zero attached hydrogens (tertiary/aromatic N) is 2. The normalized spacial score (nSPS) is 28.1. The molecule has 29 heavy (non-hydrogen) atoms. The van der Waals surface area contributed by atoms with Crippen LogP contribution in [-0.4, -0.2) is 71.5 Å². The van der Waals surface area contributed by atoms with Crippen molar-refractivity contribution in [2.45, 2.75) is 37.1 Å². The van der Waals surface area contributed by atoms with Gasteiger partial charge in [-0.25, -0.2) is 0 Å². The van der Waals surface area contributed by atoms with Crippen LogP contribution in [0.1, 0.15) is 23.2 Å². The molecule has 2 aromatic rings. The average Bonchev–Trinajstić information content (AvgIpc) is 2.78. The highest BCUT2D eigenvalue weighted by Gasteiger charge is 2.42. The van der Waals surface area contributed by atoms with E-state index in [2.05, 4.69) is 27.2 Å². The summed E-state index contributed by atoms with van der Waals surface area (Å²) < 4.78 is 0. The highest BCUT2D eigenvalue weighted by molar-refractivity contribution is 5.94. The summed E-state index contributed by atoms with van der Waals surface area (Å²) in [6, 6.07) is 19.0. The molecule has 1 saturated heterocycles. The molecule has 3 N–H and O–H groups in total. The van der Waals surface area contributed by atoms with Crippen LogP contribution in [0.2, 0.25) is 0 Å². The third kappa shape index (κ3) is 4.45. The Balaban J connectivity index is 1.45. The van der Waals surface area contributed by atoms with E-state index < -0.39 is 12.2 Å². The molecule has 1 amide bonds. The summed E-state index contributed by atoms with van der Waals surface area (Å²) in [6.07, 6.45) is -0.480. The molecule has 0 bridgehead atoms. The maximum absolute atomic E-state index is 12.7. The van der Waals surface area contributed by atoms with E-state index in [1.54, 1.807) is 12.1 Å². The van der Waals surface area contributed by atoms with Gasteiger partial charge in [0.2, 0.25) is 0 Å². The first-order valence-electron chi connectivity index (χ1n) is 10.4. The molecule has 1 aliphatic heterocycles. The minimum absolute atomic E-state index is 0.132. The van der Waals surface area contributed by atoms with Gasteiger partial charge in [0.15, 0.2) is 0 Å². The lowest BCUT2D eigenvalue weighted by Gasteiger charge is -2.48. The summed E-state index contributed by atoms with van der Waals surface area (Å²) in [6.45, 7) is 3.26. The Kier molecular flexibility index (Phi) is 6.13. The number of aliphatic hydroxyl groups excluding tert-OH is 2. The molecule has 0 aromatic heterocycles. The third-order valence-corrected chi connectivity index (χ3v) is 6.14. The lowest BCUT2D eigenvalue weighted by molar-refractivity contribution is -0.0766. The number of carbonyl (C=O) groups is 1. The fraction of sp³-hybridized carbons (Fsp3) is 0.435. The number of carbonyl (C=O) groups excluding carboxylic acids is 1. The fourth-order valence-corrected chi connectivity index (χ4v) is 4.54. The molecule has 2 aliphatic rings. The highest BCUT2D eigenvalue weighted by Crippen LogP contribution is 2.27. The second-order valence-corrected chi connectivity index (χ2v) is 7.93. The first kappa shape index (κ1) is 19.9. The molecule has 4 rings (SSSR count). The molecule has 1 saturated carbocycles. The summed E-state index contributed by atoms with van der Waals surface area (Å²) >= 11 is 0. The van der Waals surface area contributed by atoms with Crippen LogP contribution in [0, 0.1) is 0 Å². The number of para-hydroxylation sites is 1. The Bertz CT molecular complexity index is 794. The Labute approximate surface area is 171 Å². The number of amides is 1. The van der Waals surface area contributed by atoms with Gasteiger partial charge in [0.25, 0.3) is 5.91 Å². The number of hydrogen-bond acceptors (Lipinski definition) is 5. The number of benzene rings is 2. The van der Waals surface area contributed by atoms with Gasteiger partial charge in [-0.05, 0) is 37.1 Å². The third-order valence-electron chi connectivity index (χ3n) is 6.14. The number of nitrogens with one attached hydrogen (secondary N) is 1. The van der Waals surface area contributed by atoms with E-state index in [0.717, 1.165) is 26.2 Å². The highest BCUT2D eigenvalue weighted by atomic mass is 16.3. The molecule has 1 heterocycles. The van der Waals surface area contributed by atoms with E-state index in [4.69, 9.17) is 0 Å². The van der Waals surface area contributed by atoms with Gasteiger partial charge < -0.3 is 20.4 Å². The fourth-order valence-electron chi connectivity index (χ4n) is 4.54. The van der Waals surface area contributed by atoms with Crippen molar-refractivity contribution in [2.75, 3.05) is 31.1 Å². The maximum Gasteiger partial charge on any atom is 0.251 e. The molecule has 2 aromatic carbocycles. The average molecular weight is 396 g/mol. The second kappa shape index (κ2) is 8.95. The molecule has 6 heteroatoms. The zero-order chi connectivity index (χ0) is 20.2. The van der Waals surface area contributed by atoms with Crippen molar-refractivity contribution in [1.29, 1.82) is 0 Å². The molecule has 154 valence electrons. The van der Waals surface area contributed by atoms with Crippen molar-refractivity contribution < 1.29 is 15.0 Å². The summed E-state index contributed by atoms with van der Waals surface area (Å²) in [5, 5.41) is 24.2. The van der Waals surface area contributed by atoms with E-state index in [1.807, 2.05) is 36.4 Å². The van der Waals surface area contributed by atoms with Gasteiger partial charge in [-0.15, -0.1) is 0 Å². The van der Waals surface area contributed by atoms with Crippen LogP contribution in [0.3, 0.4) is 0 Å². The number of hydrogen-bond donors (Lipinski definition) is 3. The minimum atomic E-state index is -0.868. The van der Waals surface area contributed by atoms with Gasteiger partial charge in [0.05, 0.1) is 18.2 Å². The summed E-state index contributed by atoms with van der Waals surface area (Å²) in [4.78, 5) is 17.2. The largest absolute Gasteiger partial charge is 0.390 e. The van der Waals surface area contributed by atoms with E-state index in [9.17, 15) is 15.0 Å². The van der Waals surface area contributed by atoms with Crippen LogP contribution < -0.4 is 10.2 Å². The second-order valence-electron chi connectivity index (χ2n) is 7.93. The summed E-state index contributed by atoms with van der Waals surface area (Å²) in [5.74, 6) is -0.132. The smallest absolute Gasteiger partial charge is 0.251 e. The van der Waals surface area contributed by atoms with Crippen molar-refractivity contribution in [2.24, 2.45) is 0 Å². The Hall–Kier alpha value is -2.41. The first-order chi connectivity index (χ1) is 14.1. The standard InChI is InChI=1S/C23H29N3O3/c27-20-12-11-19(24-23(29)17-7-3-1-4-8-17)21(22(20)28)26-15-13-25(14-16-26)18-9-5-2-6-10-18/h1-10,19-22,27-28H,11-16H2,(H,24,29)/t19-,20+,21+,22+/m1/s1. The predicted molar refractivity (Wildman–Crippen MR) is 113 cm³/mol. The molecule has 0 radical (unpaired) electrons. The van der Waals surface area contributed by atoms with Crippen LogP contribution in [0.25, 0.3) is 0 Å². The lowest BCUT2D eigenvalue weighted by atomic mass is 9.84. The zero-order valence-electron chi connectivity index (χ0n) is 16.5. The van der Waals surface area contributed by atoms with E-state index in [0.29, 0.717) is 18.4 Å². The first-order valence-corrected chi connectivity index (χ1v) is 10.4. The van der Waals surface area contributed by atoms with Crippen LogP contribution in [0.4, 0.5) is 5.69 Å². The van der Waals surface area contributed by atoms with Gasteiger partial charge in [-0.2, -0.15) is 0 Å². The topological polar surface area (TPSA) is 76.0 Å². The SMILES string of the molecule is O=C(N[C@@H]1CC[C@H](O)[C@H](O)[C@H]1N1CCN(c2ccccc2)CC1)c1ccccc1. The lowest BCUT2D eigenvalue weighted by Crippen LogP contribution is -2.65. The number of piperazine rings is 1. The van der Waals surface area contributed by atoms with Crippen molar-refractivity contribution in [3.05, 3.63) is 66.2 Å². The van der Waals surface area contributed by atoms with Crippen LogP contribution in [0.15, 0.2) is 60.7 Å². The molecule has 4 atom stereocenters. The van der Waals surface area contributed by atoms with E-state index in [1.165, 1.54) is 5.69 Å². The number of anilines is 1. The van der Waals surface area contributed by atoms with Crippen molar-refractivity contribution in [3.63, 3.8) is 0 Å². The van der Waals surface area contributed by atoms with Crippen molar-refractivity contribution >= 4 is 11.6 Å². The molecular weight excluding hydrogens is 366 g/mol. The number of aliphatic hydroxyl groups is 2. The van der Waals surface area contributed by atoms with Crippen LogP contribution >= 0.6 is 0 Å². The van der Waals surface area contributed by atoms with Crippen molar-refractivity contribution in [1.82, 2.24) is 10.2 Å². The molecule has 1 aliphatic carbocycles. The molecule has 6 nitrogen and oxygen atoms in total. The van der Waals surface area contributed by atoms with E-state index in [-0.39, 0.29) is 18.0 Å². The van der Waals surface area contributed by atoms with Gasteiger partial charge in [0.1, 0.15) is 0 Å². The zero-order valence-corrected chi connectivity index (χ0v) is 16.5. The van der Waals surface area contributed by atoms with Crippen LogP contribution in [-0.2, 0) is 0 Å². The molecule has 0 unspecified atom stereocenters. The summed E-state index contributed by atoms with van der Waals surface area (Å²) in [5.41, 5.74) is 1.81. The maximum atomic E-state index is 12.7. The van der Waals surface area contributed by atoms with E-state index >= 15 is 0 Å². The van der Waals surface area contributed by atoms with Gasteiger partial charge in [-0.1, -0.05) is 36.4 Å². The minimum Gasteiger partial charge on any atom is -0.390 e.